The molecule has 1 aromatic carbocycles. The van der Waals surface area contributed by atoms with E-state index in [1.54, 1.807) is 6.92 Å². The van der Waals surface area contributed by atoms with Gasteiger partial charge in [-0.2, -0.15) is 0 Å². The predicted octanol–water partition coefficient (Wildman–Crippen LogP) is 1.16. The number of esters is 2. The summed E-state index contributed by atoms with van der Waals surface area (Å²) in [4.78, 5) is 22.4. The topological polar surface area (TPSA) is 69.4 Å². The number of hydrogen-bond donors (Lipinski definition) is 1. The molecule has 2 N–H and O–H groups in total. The summed E-state index contributed by atoms with van der Waals surface area (Å²) in [7, 11) is 0. The molecule has 0 bridgehead atoms. The Labute approximate surface area is 92.2 Å². The van der Waals surface area contributed by atoms with E-state index < -0.39 is 23.8 Å². The predicted molar refractivity (Wildman–Crippen MR) is 55.2 cm³/mol. The zero-order chi connectivity index (χ0) is 12.3. The standard InChI is InChI=1S/C11H12FNO3/c1-6-3-4-8(5-9(6)12)11(15)16-10(14)7(2)13/h3-5,7H,13H2,1-2H3. The lowest BCUT2D eigenvalue weighted by Gasteiger charge is -2.05. The van der Waals surface area contributed by atoms with Crippen LogP contribution in [-0.4, -0.2) is 18.0 Å². The molecule has 4 nitrogen and oxygen atoms in total. The maximum atomic E-state index is 13.1. The van der Waals surface area contributed by atoms with E-state index in [1.807, 2.05) is 0 Å². The summed E-state index contributed by atoms with van der Waals surface area (Å²) < 4.78 is 17.5. The van der Waals surface area contributed by atoms with Crippen molar-refractivity contribution in [3.05, 3.63) is 35.1 Å². The maximum absolute atomic E-state index is 13.1. The minimum atomic E-state index is -0.902. The molecule has 16 heavy (non-hydrogen) atoms. The van der Waals surface area contributed by atoms with E-state index >= 15 is 0 Å². The van der Waals surface area contributed by atoms with E-state index in [9.17, 15) is 14.0 Å². The third-order valence-corrected chi connectivity index (χ3v) is 1.97. The Balaban J connectivity index is 2.81. The van der Waals surface area contributed by atoms with E-state index in [-0.39, 0.29) is 5.56 Å². The van der Waals surface area contributed by atoms with Gasteiger partial charge in [-0.05, 0) is 31.5 Å². The van der Waals surface area contributed by atoms with Gasteiger partial charge in [-0.3, -0.25) is 0 Å². The molecule has 0 spiro atoms. The largest absolute Gasteiger partial charge is 0.388 e. The van der Waals surface area contributed by atoms with Gasteiger partial charge in [0.25, 0.3) is 0 Å². The first-order valence-corrected chi connectivity index (χ1v) is 4.69. The number of nitrogens with two attached hydrogens (primary N) is 1. The Bertz CT molecular complexity index is 429. The highest BCUT2D eigenvalue weighted by Gasteiger charge is 2.16. The summed E-state index contributed by atoms with van der Waals surface area (Å²) >= 11 is 0. The van der Waals surface area contributed by atoms with Gasteiger partial charge >= 0.3 is 11.9 Å². The van der Waals surface area contributed by atoms with Gasteiger partial charge < -0.3 is 10.5 Å². The number of carbonyl (C=O) groups is 2. The van der Waals surface area contributed by atoms with Gasteiger partial charge in [-0.15, -0.1) is 0 Å². The van der Waals surface area contributed by atoms with Crippen molar-refractivity contribution in [3.63, 3.8) is 0 Å². The van der Waals surface area contributed by atoms with Gasteiger partial charge in [0.05, 0.1) is 5.56 Å². The fourth-order valence-electron chi connectivity index (χ4n) is 0.963. The molecule has 0 saturated carbocycles. The van der Waals surface area contributed by atoms with Crippen molar-refractivity contribution in [1.82, 2.24) is 0 Å². The summed E-state index contributed by atoms with van der Waals surface area (Å²) in [6.07, 6.45) is 0. The lowest BCUT2D eigenvalue weighted by Crippen LogP contribution is -2.30. The minimum absolute atomic E-state index is 0.0166. The summed E-state index contributed by atoms with van der Waals surface area (Å²) in [6.45, 7) is 2.96. The van der Waals surface area contributed by atoms with Gasteiger partial charge in [0.15, 0.2) is 0 Å². The zero-order valence-corrected chi connectivity index (χ0v) is 8.99. The van der Waals surface area contributed by atoms with Crippen molar-refractivity contribution in [1.29, 1.82) is 0 Å². The lowest BCUT2D eigenvalue weighted by atomic mass is 10.1. The van der Waals surface area contributed by atoms with Gasteiger partial charge in [0.1, 0.15) is 11.9 Å². The van der Waals surface area contributed by atoms with Gasteiger partial charge in [0.2, 0.25) is 0 Å². The number of ether oxygens (including phenoxy) is 1. The molecular formula is C11H12FNO3. The molecular weight excluding hydrogens is 213 g/mol. The van der Waals surface area contributed by atoms with Crippen LogP contribution in [-0.2, 0) is 9.53 Å². The molecule has 0 fully saturated rings. The van der Waals surface area contributed by atoms with Crippen molar-refractivity contribution in [2.45, 2.75) is 19.9 Å². The highest BCUT2D eigenvalue weighted by atomic mass is 19.1. The smallest absolute Gasteiger partial charge is 0.345 e. The second-order valence-electron chi connectivity index (χ2n) is 3.46. The third-order valence-electron chi connectivity index (χ3n) is 1.97. The number of halogens is 1. The molecule has 1 rings (SSSR count). The van der Waals surface area contributed by atoms with Crippen LogP contribution in [0.2, 0.25) is 0 Å². The van der Waals surface area contributed by atoms with E-state index in [0.29, 0.717) is 5.56 Å². The summed E-state index contributed by atoms with van der Waals surface area (Å²) in [5.74, 6) is -2.27. The Morgan fingerprint density at radius 3 is 2.56 bits per heavy atom. The minimum Gasteiger partial charge on any atom is -0.388 e. The second kappa shape index (κ2) is 4.85. The molecule has 0 aliphatic rings. The lowest BCUT2D eigenvalue weighted by molar-refractivity contribution is -0.139. The summed E-state index contributed by atoms with van der Waals surface area (Å²) in [6, 6.07) is 2.95. The average Bonchev–Trinajstić information content (AvgIpc) is 2.21. The van der Waals surface area contributed by atoms with Crippen molar-refractivity contribution in [3.8, 4) is 0 Å². The molecule has 0 amide bonds. The first kappa shape index (κ1) is 12.3. The average molecular weight is 225 g/mol. The number of benzene rings is 1. The Hall–Kier alpha value is -1.75. The number of aryl methyl sites for hydroxylation is 1. The first-order chi connectivity index (χ1) is 7.41. The molecule has 1 aromatic rings. The van der Waals surface area contributed by atoms with Crippen LogP contribution >= 0.6 is 0 Å². The third kappa shape index (κ3) is 2.87. The molecule has 5 heteroatoms. The van der Waals surface area contributed by atoms with Gasteiger partial charge in [-0.25, -0.2) is 14.0 Å². The Kier molecular flexibility index (Phi) is 3.73. The molecule has 86 valence electrons. The highest BCUT2D eigenvalue weighted by molar-refractivity contribution is 5.97. The first-order valence-electron chi connectivity index (χ1n) is 4.69. The van der Waals surface area contributed by atoms with Crippen LogP contribution in [0.25, 0.3) is 0 Å². The normalized spacial score (nSPS) is 12.0. The van der Waals surface area contributed by atoms with Crippen LogP contribution in [0, 0.1) is 12.7 Å². The fraction of sp³-hybridized carbons (Fsp3) is 0.273. The van der Waals surface area contributed by atoms with Crippen molar-refractivity contribution in [2.75, 3.05) is 0 Å². The number of hydrogen-bond acceptors (Lipinski definition) is 4. The van der Waals surface area contributed by atoms with Gasteiger partial charge in [-0.1, -0.05) is 6.07 Å². The van der Waals surface area contributed by atoms with E-state index in [0.717, 1.165) is 6.07 Å². The fourth-order valence-corrected chi connectivity index (χ4v) is 0.963. The molecule has 1 unspecified atom stereocenters. The van der Waals surface area contributed by atoms with Crippen LogP contribution in [0.5, 0.6) is 0 Å². The zero-order valence-electron chi connectivity index (χ0n) is 8.99. The number of carbonyl (C=O) groups excluding carboxylic acids is 2. The van der Waals surface area contributed by atoms with E-state index in [1.165, 1.54) is 19.1 Å². The Morgan fingerprint density at radius 1 is 1.44 bits per heavy atom. The van der Waals surface area contributed by atoms with Crippen molar-refractivity contribution < 1.29 is 18.7 Å². The SMILES string of the molecule is Cc1ccc(C(=O)OC(=O)C(C)N)cc1F. The van der Waals surface area contributed by atoms with Crippen LogP contribution in [0.1, 0.15) is 22.8 Å². The van der Waals surface area contributed by atoms with Gasteiger partial charge in [0, 0.05) is 0 Å². The van der Waals surface area contributed by atoms with E-state index in [2.05, 4.69) is 4.74 Å². The van der Waals surface area contributed by atoms with Crippen molar-refractivity contribution >= 4 is 11.9 Å². The van der Waals surface area contributed by atoms with E-state index in [4.69, 9.17) is 5.73 Å². The molecule has 0 aliphatic heterocycles. The monoisotopic (exact) mass is 225 g/mol. The molecule has 0 heterocycles. The second-order valence-corrected chi connectivity index (χ2v) is 3.46. The summed E-state index contributed by atoms with van der Waals surface area (Å²) in [5, 5.41) is 0. The number of rotatable bonds is 2. The molecule has 0 aliphatic carbocycles. The molecule has 1 atom stereocenters. The maximum Gasteiger partial charge on any atom is 0.345 e. The molecule has 0 aromatic heterocycles. The highest BCUT2D eigenvalue weighted by Crippen LogP contribution is 2.10. The van der Waals surface area contributed by atoms with Crippen molar-refractivity contribution in [2.24, 2.45) is 5.73 Å². The molecule has 0 saturated heterocycles. The summed E-state index contributed by atoms with van der Waals surface area (Å²) in [5.41, 5.74) is 5.61. The van der Waals surface area contributed by atoms with Crippen LogP contribution in [0.3, 0.4) is 0 Å². The van der Waals surface area contributed by atoms with Crippen LogP contribution < -0.4 is 5.73 Å². The quantitative estimate of drug-likeness (QED) is 0.605. The van der Waals surface area contributed by atoms with Crippen LogP contribution in [0.15, 0.2) is 18.2 Å². The van der Waals surface area contributed by atoms with Crippen LogP contribution in [0.4, 0.5) is 4.39 Å². The molecule has 0 radical (unpaired) electrons. The Morgan fingerprint density at radius 2 is 2.06 bits per heavy atom.